The Kier molecular flexibility index (Phi) is 6.89. The molecular weight excluding hydrogens is 446 g/mol. The molecule has 2 fully saturated rings. The van der Waals surface area contributed by atoms with Crippen molar-refractivity contribution in [1.29, 1.82) is 5.26 Å². The zero-order valence-electron chi connectivity index (χ0n) is 18.3. The molecule has 0 aliphatic carbocycles. The molecule has 9 heteroatoms. The number of nitriles is 1. The van der Waals surface area contributed by atoms with E-state index in [2.05, 4.69) is 20.9 Å². The molecule has 2 aromatic heterocycles. The zero-order chi connectivity index (χ0) is 22.7. The monoisotopic (exact) mass is 471 g/mol. The number of carbonyl (C=O) groups excluding carboxylic acids is 1. The zero-order valence-corrected chi connectivity index (χ0v) is 19.9. The normalized spacial score (nSPS) is 18.0. The molecule has 32 heavy (non-hydrogen) atoms. The second kappa shape index (κ2) is 9.65. The number of thioether (sulfide) groups is 1. The maximum atomic E-state index is 13.0. The number of aromatic nitrogens is 2. The highest BCUT2D eigenvalue weighted by molar-refractivity contribution is 7.98. The number of nitrogens with zero attached hydrogens (tertiary/aromatic N) is 5. The number of halogens is 1. The maximum Gasteiger partial charge on any atom is 0.254 e. The molecule has 7 nitrogen and oxygen atoms in total. The van der Waals surface area contributed by atoms with Crippen molar-refractivity contribution in [3.8, 4) is 11.9 Å². The van der Waals surface area contributed by atoms with E-state index in [0.29, 0.717) is 17.0 Å². The van der Waals surface area contributed by atoms with E-state index in [9.17, 15) is 10.1 Å². The third-order valence-electron chi connectivity index (χ3n) is 6.47. The van der Waals surface area contributed by atoms with Crippen LogP contribution in [0, 0.1) is 16.7 Å². The van der Waals surface area contributed by atoms with Crippen LogP contribution in [-0.4, -0.2) is 65.2 Å². The Labute approximate surface area is 197 Å². The maximum absolute atomic E-state index is 13.0. The molecule has 0 radical (unpaired) electrons. The molecule has 1 amide bonds. The predicted octanol–water partition coefficient (Wildman–Crippen LogP) is 3.86. The van der Waals surface area contributed by atoms with Crippen molar-refractivity contribution >= 4 is 29.3 Å². The van der Waals surface area contributed by atoms with Gasteiger partial charge in [-0.25, -0.2) is 9.97 Å². The molecule has 0 atom stereocenters. The topological polar surface area (TPSA) is 82.4 Å². The van der Waals surface area contributed by atoms with E-state index in [-0.39, 0.29) is 16.5 Å². The van der Waals surface area contributed by atoms with Crippen LogP contribution in [-0.2, 0) is 6.54 Å². The number of ether oxygens (including phenoxy) is 1. The van der Waals surface area contributed by atoms with E-state index in [1.165, 1.54) is 18.9 Å². The van der Waals surface area contributed by atoms with Gasteiger partial charge in [0.05, 0.1) is 18.4 Å². The summed E-state index contributed by atoms with van der Waals surface area (Å²) in [6.45, 7) is 4.31. The van der Waals surface area contributed by atoms with Gasteiger partial charge in [0.15, 0.2) is 0 Å². The number of likely N-dealkylation sites (tertiary alicyclic amines) is 2. The molecule has 4 heterocycles. The fraction of sp³-hybridized carbons (Fsp3) is 0.478. The molecule has 2 saturated heterocycles. The largest absolute Gasteiger partial charge is 0.481 e. The van der Waals surface area contributed by atoms with Gasteiger partial charge in [-0.15, -0.1) is 11.8 Å². The average Bonchev–Trinajstić information content (AvgIpc) is 3.20. The second-order valence-electron chi connectivity index (χ2n) is 8.44. The fourth-order valence-corrected chi connectivity index (χ4v) is 5.42. The van der Waals surface area contributed by atoms with E-state index in [0.717, 1.165) is 62.7 Å². The van der Waals surface area contributed by atoms with Crippen LogP contribution in [0.1, 0.15) is 40.9 Å². The highest BCUT2D eigenvalue weighted by Gasteiger charge is 2.41. The van der Waals surface area contributed by atoms with E-state index < -0.39 is 0 Å². The molecule has 0 unspecified atom stereocenters. The summed E-state index contributed by atoms with van der Waals surface area (Å²) in [6.07, 6.45) is 5.06. The summed E-state index contributed by atoms with van der Waals surface area (Å²) >= 11 is 7.55. The molecule has 0 saturated carbocycles. The fourth-order valence-electron chi connectivity index (χ4n) is 4.68. The number of pyridine rings is 2. The minimum Gasteiger partial charge on any atom is -0.481 e. The van der Waals surface area contributed by atoms with Crippen LogP contribution in [0.3, 0.4) is 0 Å². The third kappa shape index (κ3) is 4.85. The third-order valence-corrected chi connectivity index (χ3v) is 7.36. The molecule has 1 spiro atoms. The average molecular weight is 472 g/mol. The summed E-state index contributed by atoms with van der Waals surface area (Å²) in [6, 6.07) is 9.26. The highest BCUT2D eigenvalue weighted by atomic mass is 35.5. The van der Waals surface area contributed by atoms with E-state index in [1.807, 2.05) is 23.3 Å². The van der Waals surface area contributed by atoms with Gasteiger partial charge in [-0.3, -0.25) is 9.69 Å². The molecule has 2 aromatic rings. The first kappa shape index (κ1) is 22.8. The quantitative estimate of drug-likeness (QED) is 0.483. The first-order valence-corrected chi connectivity index (χ1v) is 12.2. The lowest BCUT2D eigenvalue weighted by Crippen LogP contribution is -2.44. The predicted molar refractivity (Wildman–Crippen MR) is 124 cm³/mol. The van der Waals surface area contributed by atoms with Crippen molar-refractivity contribution in [1.82, 2.24) is 19.8 Å². The Bertz CT molecular complexity index is 1050. The van der Waals surface area contributed by atoms with Crippen molar-refractivity contribution in [2.75, 3.05) is 39.5 Å². The van der Waals surface area contributed by atoms with Crippen LogP contribution in [0.15, 0.2) is 29.3 Å². The van der Waals surface area contributed by atoms with Gasteiger partial charge in [0.2, 0.25) is 5.88 Å². The second-order valence-corrected chi connectivity index (χ2v) is 9.63. The van der Waals surface area contributed by atoms with Crippen molar-refractivity contribution in [2.45, 2.75) is 30.8 Å². The van der Waals surface area contributed by atoms with Gasteiger partial charge in [0.25, 0.3) is 5.91 Å². The summed E-state index contributed by atoms with van der Waals surface area (Å²) in [5, 5.41) is 10.3. The van der Waals surface area contributed by atoms with Crippen LogP contribution in [0.25, 0.3) is 0 Å². The van der Waals surface area contributed by atoms with Gasteiger partial charge in [0, 0.05) is 37.8 Å². The van der Waals surface area contributed by atoms with Crippen molar-refractivity contribution in [3.05, 3.63) is 46.2 Å². The lowest BCUT2D eigenvalue weighted by molar-refractivity contribution is 0.0587. The Morgan fingerprint density at radius 2 is 2.00 bits per heavy atom. The summed E-state index contributed by atoms with van der Waals surface area (Å²) in [5.74, 6) is 0.325. The van der Waals surface area contributed by atoms with Crippen molar-refractivity contribution < 1.29 is 9.53 Å². The van der Waals surface area contributed by atoms with Crippen LogP contribution in [0.2, 0.25) is 5.15 Å². The van der Waals surface area contributed by atoms with Gasteiger partial charge in [-0.2, -0.15) is 5.26 Å². The number of methoxy groups -OCH3 is 1. The molecular formula is C23H26ClN5O2S. The van der Waals surface area contributed by atoms with Crippen molar-refractivity contribution in [3.63, 3.8) is 0 Å². The summed E-state index contributed by atoms with van der Waals surface area (Å²) in [4.78, 5) is 26.1. The Balaban J connectivity index is 1.36. The Hall–Kier alpha value is -2.34. The molecule has 2 aliphatic heterocycles. The molecule has 4 rings (SSSR count). The number of carbonyl (C=O) groups is 1. The number of hydrogen-bond acceptors (Lipinski definition) is 7. The number of piperidine rings is 1. The number of hydrogen-bond donors (Lipinski definition) is 0. The van der Waals surface area contributed by atoms with Gasteiger partial charge in [-0.1, -0.05) is 11.6 Å². The van der Waals surface area contributed by atoms with E-state index in [1.54, 1.807) is 12.1 Å². The van der Waals surface area contributed by atoms with E-state index in [4.69, 9.17) is 16.3 Å². The van der Waals surface area contributed by atoms with Crippen LogP contribution in [0.5, 0.6) is 5.88 Å². The lowest BCUT2D eigenvalue weighted by Gasteiger charge is -2.39. The SMILES string of the molecule is COc1cc(C(=O)N2CCC3(CCN(Cc4ccc(C#N)c(SC)n4)C3)CC2)cc(Cl)n1. The molecule has 2 aliphatic rings. The van der Waals surface area contributed by atoms with Gasteiger partial charge >= 0.3 is 0 Å². The molecule has 0 N–H and O–H groups in total. The van der Waals surface area contributed by atoms with E-state index >= 15 is 0 Å². The Morgan fingerprint density at radius 1 is 1.25 bits per heavy atom. The summed E-state index contributed by atoms with van der Waals surface area (Å²) in [5.41, 5.74) is 2.40. The molecule has 0 bridgehead atoms. The first-order chi connectivity index (χ1) is 15.4. The van der Waals surface area contributed by atoms with Gasteiger partial charge < -0.3 is 9.64 Å². The van der Waals surface area contributed by atoms with Gasteiger partial charge in [-0.05, 0) is 55.7 Å². The summed E-state index contributed by atoms with van der Waals surface area (Å²) < 4.78 is 5.14. The first-order valence-electron chi connectivity index (χ1n) is 10.6. The minimum absolute atomic E-state index is 0.0244. The standard InChI is InChI=1S/C23H26ClN5O2S/c1-31-20-12-17(11-19(24)27-20)22(30)29-9-6-23(7-10-29)5-8-28(15-23)14-18-4-3-16(13-25)21(26-18)32-2/h3-4,11-12H,5-10,14-15H2,1-2H3. The van der Waals surface area contributed by atoms with Crippen molar-refractivity contribution in [2.24, 2.45) is 5.41 Å². The Morgan fingerprint density at radius 3 is 2.69 bits per heavy atom. The van der Waals surface area contributed by atoms with Crippen LogP contribution >= 0.6 is 23.4 Å². The number of amides is 1. The van der Waals surface area contributed by atoms with Crippen LogP contribution < -0.4 is 4.74 Å². The summed E-state index contributed by atoms with van der Waals surface area (Å²) in [7, 11) is 1.51. The molecule has 0 aromatic carbocycles. The lowest BCUT2D eigenvalue weighted by atomic mass is 9.77. The van der Waals surface area contributed by atoms with Crippen LogP contribution in [0.4, 0.5) is 0 Å². The number of rotatable bonds is 5. The molecule has 168 valence electrons. The smallest absolute Gasteiger partial charge is 0.254 e. The van der Waals surface area contributed by atoms with Gasteiger partial charge in [0.1, 0.15) is 16.2 Å². The highest BCUT2D eigenvalue weighted by Crippen LogP contribution is 2.41. The minimum atomic E-state index is -0.0244.